The van der Waals surface area contributed by atoms with Crippen molar-refractivity contribution in [1.29, 1.82) is 0 Å². The summed E-state index contributed by atoms with van der Waals surface area (Å²) in [5.74, 6) is 0.443. The molecule has 1 aliphatic carbocycles. The molecule has 1 unspecified atom stereocenters. The van der Waals surface area contributed by atoms with Crippen LogP contribution in [0.3, 0.4) is 0 Å². The Labute approximate surface area is 74.2 Å². The SMILES string of the molecule is CC1=C(C)C(C(C)C)=CC(F)C1. The quantitative estimate of drug-likeness (QED) is 0.560. The van der Waals surface area contributed by atoms with Gasteiger partial charge >= 0.3 is 0 Å². The van der Waals surface area contributed by atoms with E-state index in [1.54, 1.807) is 6.08 Å². The Bertz CT molecular complexity index is 233. The molecule has 0 aliphatic heterocycles. The maximum absolute atomic E-state index is 13.1. The summed E-state index contributed by atoms with van der Waals surface area (Å²) in [6.07, 6.45) is 1.60. The molecule has 0 nitrogen and oxygen atoms in total. The number of alkyl halides is 1. The van der Waals surface area contributed by atoms with Crippen LogP contribution in [-0.4, -0.2) is 6.17 Å². The summed E-state index contributed by atoms with van der Waals surface area (Å²) in [6.45, 7) is 8.34. The average Bonchev–Trinajstić information content (AvgIpc) is 1.96. The molecule has 0 fully saturated rings. The van der Waals surface area contributed by atoms with E-state index in [0.717, 1.165) is 0 Å². The average molecular weight is 168 g/mol. The van der Waals surface area contributed by atoms with Gasteiger partial charge in [-0.2, -0.15) is 0 Å². The van der Waals surface area contributed by atoms with Gasteiger partial charge in [0.05, 0.1) is 0 Å². The van der Waals surface area contributed by atoms with E-state index in [1.807, 2.05) is 6.92 Å². The van der Waals surface area contributed by atoms with Gasteiger partial charge in [-0.25, -0.2) is 4.39 Å². The highest BCUT2D eigenvalue weighted by Gasteiger charge is 2.17. The summed E-state index contributed by atoms with van der Waals surface area (Å²) in [6, 6.07) is 0. The van der Waals surface area contributed by atoms with Crippen molar-refractivity contribution in [2.45, 2.75) is 40.3 Å². The normalized spacial score (nSPS) is 24.8. The van der Waals surface area contributed by atoms with E-state index in [9.17, 15) is 4.39 Å². The molecule has 1 heteroatoms. The molecule has 0 bridgehead atoms. The van der Waals surface area contributed by atoms with Crippen LogP contribution < -0.4 is 0 Å². The summed E-state index contributed by atoms with van der Waals surface area (Å²) < 4.78 is 13.1. The van der Waals surface area contributed by atoms with Gasteiger partial charge in [-0.1, -0.05) is 19.4 Å². The van der Waals surface area contributed by atoms with Crippen molar-refractivity contribution in [2.24, 2.45) is 5.92 Å². The smallest absolute Gasteiger partial charge is 0.123 e. The molecular weight excluding hydrogens is 151 g/mol. The Kier molecular flexibility index (Phi) is 2.71. The summed E-state index contributed by atoms with van der Waals surface area (Å²) in [7, 11) is 0. The van der Waals surface area contributed by atoms with Gasteiger partial charge in [0.2, 0.25) is 0 Å². The lowest BCUT2D eigenvalue weighted by Gasteiger charge is -2.22. The Balaban J connectivity index is 2.96. The van der Waals surface area contributed by atoms with Gasteiger partial charge in [0.1, 0.15) is 6.17 Å². The molecule has 0 amide bonds. The van der Waals surface area contributed by atoms with Crippen molar-refractivity contribution >= 4 is 0 Å². The van der Waals surface area contributed by atoms with E-state index in [0.29, 0.717) is 12.3 Å². The Morgan fingerprint density at radius 1 is 1.42 bits per heavy atom. The van der Waals surface area contributed by atoms with Crippen LogP contribution in [0, 0.1) is 5.92 Å². The van der Waals surface area contributed by atoms with E-state index >= 15 is 0 Å². The fourth-order valence-electron chi connectivity index (χ4n) is 1.70. The van der Waals surface area contributed by atoms with Crippen LogP contribution in [0.15, 0.2) is 22.8 Å². The molecule has 0 heterocycles. The molecule has 1 aliphatic rings. The monoisotopic (exact) mass is 168 g/mol. The first-order valence-corrected chi connectivity index (χ1v) is 4.55. The minimum Gasteiger partial charge on any atom is -0.243 e. The predicted octanol–water partition coefficient (Wildman–Crippen LogP) is 3.65. The van der Waals surface area contributed by atoms with Gasteiger partial charge in [-0.05, 0) is 37.0 Å². The summed E-state index contributed by atoms with van der Waals surface area (Å²) >= 11 is 0. The van der Waals surface area contributed by atoms with Gasteiger partial charge in [-0.3, -0.25) is 0 Å². The van der Waals surface area contributed by atoms with Gasteiger partial charge in [0, 0.05) is 6.42 Å². The first-order valence-electron chi connectivity index (χ1n) is 4.55. The molecule has 0 aromatic rings. The van der Waals surface area contributed by atoms with Crippen LogP contribution in [0.4, 0.5) is 4.39 Å². The lowest BCUT2D eigenvalue weighted by Crippen LogP contribution is -2.10. The number of rotatable bonds is 1. The van der Waals surface area contributed by atoms with Crippen LogP contribution in [0.25, 0.3) is 0 Å². The first kappa shape index (κ1) is 9.50. The third-order valence-electron chi connectivity index (χ3n) is 2.56. The number of halogens is 1. The zero-order valence-corrected chi connectivity index (χ0v) is 8.32. The molecule has 0 radical (unpaired) electrons. The molecule has 0 saturated heterocycles. The van der Waals surface area contributed by atoms with Crippen molar-refractivity contribution in [2.75, 3.05) is 0 Å². The van der Waals surface area contributed by atoms with Gasteiger partial charge < -0.3 is 0 Å². The molecule has 0 aromatic heterocycles. The van der Waals surface area contributed by atoms with Crippen molar-refractivity contribution in [3.8, 4) is 0 Å². The number of hydrogen-bond donors (Lipinski definition) is 0. The second-order valence-corrected chi connectivity index (χ2v) is 3.90. The minimum atomic E-state index is -0.758. The maximum Gasteiger partial charge on any atom is 0.123 e. The Morgan fingerprint density at radius 3 is 2.50 bits per heavy atom. The highest BCUT2D eigenvalue weighted by Crippen LogP contribution is 2.30. The highest BCUT2D eigenvalue weighted by molar-refractivity contribution is 5.38. The van der Waals surface area contributed by atoms with Crippen molar-refractivity contribution in [3.05, 3.63) is 22.8 Å². The minimum absolute atomic E-state index is 0.443. The van der Waals surface area contributed by atoms with Crippen molar-refractivity contribution < 1.29 is 4.39 Å². The van der Waals surface area contributed by atoms with E-state index in [2.05, 4.69) is 20.8 Å². The zero-order chi connectivity index (χ0) is 9.30. The molecule has 68 valence electrons. The molecule has 12 heavy (non-hydrogen) atoms. The number of allylic oxidation sites excluding steroid dienone is 4. The molecule has 1 rings (SSSR count). The van der Waals surface area contributed by atoms with Gasteiger partial charge in [-0.15, -0.1) is 0 Å². The van der Waals surface area contributed by atoms with E-state index in [-0.39, 0.29) is 0 Å². The summed E-state index contributed by atoms with van der Waals surface area (Å²) in [5.41, 5.74) is 3.68. The standard InChI is InChI=1S/C11H17F/c1-7(2)11-6-10(12)5-8(3)9(11)4/h6-7,10H,5H2,1-4H3. The van der Waals surface area contributed by atoms with E-state index in [4.69, 9.17) is 0 Å². The third kappa shape index (κ3) is 1.77. The lowest BCUT2D eigenvalue weighted by molar-refractivity contribution is 0.388. The van der Waals surface area contributed by atoms with Gasteiger partial charge in [0.25, 0.3) is 0 Å². The lowest BCUT2D eigenvalue weighted by atomic mass is 9.86. The summed E-state index contributed by atoms with van der Waals surface area (Å²) in [4.78, 5) is 0. The van der Waals surface area contributed by atoms with Gasteiger partial charge in [0.15, 0.2) is 0 Å². The fraction of sp³-hybridized carbons (Fsp3) is 0.636. The van der Waals surface area contributed by atoms with Crippen LogP contribution in [0.1, 0.15) is 34.1 Å². The Hall–Kier alpha value is -0.590. The maximum atomic E-state index is 13.1. The molecule has 1 atom stereocenters. The molecule has 0 N–H and O–H groups in total. The number of hydrogen-bond acceptors (Lipinski definition) is 0. The predicted molar refractivity (Wildman–Crippen MR) is 50.8 cm³/mol. The largest absolute Gasteiger partial charge is 0.243 e. The zero-order valence-electron chi connectivity index (χ0n) is 8.32. The topological polar surface area (TPSA) is 0 Å². The van der Waals surface area contributed by atoms with Crippen LogP contribution in [0.5, 0.6) is 0 Å². The first-order chi connectivity index (χ1) is 5.52. The molecule has 0 spiro atoms. The van der Waals surface area contributed by atoms with Crippen LogP contribution in [0.2, 0.25) is 0 Å². The van der Waals surface area contributed by atoms with Crippen molar-refractivity contribution in [1.82, 2.24) is 0 Å². The molecule has 0 aromatic carbocycles. The second kappa shape index (κ2) is 3.42. The Morgan fingerprint density at radius 2 is 2.00 bits per heavy atom. The third-order valence-corrected chi connectivity index (χ3v) is 2.56. The summed E-state index contributed by atoms with van der Waals surface area (Å²) in [5, 5.41) is 0. The van der Waals surface area contributed by atoms with Crippen molar-refractivity contribution in [3.63, 3.8) is 0 Å². The van der Waals surface area contributed by atoms with E-state index in [1.165, 1.54) is 16.7 Å². The second-order valence-electron chi connectivity index (χ2n) is 3.90. The fourth-order valence-corrected chi connectivity index (χ4v) is 1.70. The van der Waals surface area contributed by atoms with Crippen LogP contribution in [-0.2, 0) is 0 Å². The highest BCUT2D eigenvalue weighted by atomic mass is 19.1. The molecule has 0 saturated carbocycles. The van der Waals surface area contributed by atoms with E-state index < -0.39 is 6.17 Å². The van der Waals surface area contributed by atoms with Crippen LogP contribution >= 0.6 is 0 Å². The molecular formula is C11H17F.